The number of rotatable bonds is 5. The Morgan fingerprint density at radius 1 is 1.35 bits per heavy atom. The molecule has 0 aliphatic heterocycles. The molecular weight excluding hydrogens is 288 g/mol. The van der Waals surface area contributed by atoms with Gasteiger partial charge in [0.15, 0.2) is 0 Å². The maximum atomic E-state index is 8.78. The SMILES string of the molecule is COc1ccc(CSc2cccs2)cc1C#CCCO. The van der Waals surface area contributed by atoms with Crippen molar-refractivity contribution in [1.29, 1.82) is 0 Å². The topological polar surface area (TPSA) is 29.5 Å². The number of thioether (sulfide) groups is 1. The number of methoxy groups -OCH3 is 1. The van der Waals surface area contributed by atoms with E-state index in [0.29, 0.717) is 6.42 Å². The van der Waals surface area contributed by atoms with Crippen molar-refractivity contribution in [3.8, 4) is 17.6 Å². The van der Waals surface area contributed by atoms with Gasteiger partial charge in [0.05, 0.1) is 23.5 Å². The summed E-state index contributed by atoms with van der Waals surface area (Å²) < 4.78 is 6.63. The Bertz CT molecular complexity index is 595. The third-order valence-electron chi connectivity index (χ3n) is 2.60. The molecular formula is C16H16O2S2. The molecule has 1 N–H and O–H groups in total. The van der Waals surface area contributed by atoms with Crippen LogP contribution in [0, 0.1) is 11.8 Å². The van der Waals surface area contributed by atoms with Gasteiger partial charge in [-0.2, -0.15) is 0 Å². The second-order valence-electron chi connectivity index (χ2n) is 4.03. The standard InChI is InChI=1S/C16H16O2S2/c1-18-15-8-7-13(11-14(15)5-2-3-9-17)12-20-16-6-4-10-19-16/h4,6-8,10-11,17H,3,9,12H2,1H3. The van der Waals surface area contributed by atoms with Crippen molar-refractivity contribution in [3.63, 3.8) is 0 Å². The van der Waals surface area contributed by atoms with Gasteiger partial charge in [-0.1, -0.05) is 24.0 Å². The van der Waals surface area contributed by atoms with Crippen molar-refractivity contribution in [2.24, 2.45) is 0 Å². The van der Waals surface area contributed by atoms with E-state index in [-0.39, 0.29) is 6.61 Å². The first-order chi connectivity index (χ1) is 9.83. The van der Waals surface area contributed by atoms with E-state index in [1.807, 2.05) is 17.8 Å². The number of aliphatic hydroxyl groups is 1. The molecule has 0 fully saturated rings. The fourth-order valence-corrected chi connectivity index (χ4v) is 3.38. The molecule has 0 amide bonds. The molecule has 0 atom stereocenters. The van der Waals surface area contributed by atoms with Crippen LogP contribution in [0.1, 0.15) is 17.5 Å². The molecule has 1 heterocycles. The Labute approximate surface area is 127 Å². The van der Waals surface area contributed by atoms with Crippen LogP contribution in [0.2, 0.25) is 0 Å². The largest absolute Gasteiger partial charge is 0.495 e. The summed E-state index contributed by atoms with van der Waals surface area (Å²) in [6.07, 6.45) is 0.483. The van der Waals surface area contributed by atoms with Crippen LogP contribution in [0.5, 0.6) is 5.75 Å². The highest BCUT2D eigenvalue weighted by Gasteiger charge is 2.03. The molecule has 0 bridgehead atoms. The lowest BCUT2D eigenvalue weighted by Crippen LogP contribution is -1.90. The molecule has 0 spiro atoms. The summed E-state index contributed by atoms with van der Waals surface area (Å²) in [4.78, 5) is 0. The van der Waals surface area contributed by atoms with Crippen molar-refractivity contribution in [2.45, 2.75) is 16.4 Å². The summed E-state index contributed by atoms with van der Waals surface area (Å²) in [5.74, 6) is 7.69. The Hall–Kier alpha value is -1.41. The van der Waals surface area contributed by atoms with E-state index in [4.69, 9.17) is 9.84 Å². The number of benzene rings is 1. The molecule has 1 aromatic heterocycles. The highest BCUT2D eigenvalue weighted by molar-refractivity contribution is 8.00. The Morgan fingerprint density at radius 2 is 2.25 bits per heavy atom. The highest BCUT2D eigenvalue weighted by Crippen LogP contribution is 2.28. The number of thiophene rings is 1. The summed E-state index contributed by atoms with van der Waals surface area (Å²) in [6.45, 7) is 0.0865. The quantitative estimate of drug-likeness (QED) is 0.673. The van der Waals surface area contributed by atoms with Gasteiger partial charge in [0.25, 0.3) is 0 Å². The number of ether oxygens (including phenoxy) is 1. The van der Waals surface area contributed by atoms with Crippen LogP contribution in [0.3, 0.4) is 0 Å². The summed E-state index contributed by atoms with van der Waals surface area (Å²) in [5, 5.41) is 10.9. The highest BCUT2D eigenvalue weighted by atomic mass is 32.2. The van der Waals surface area contributed by atoms with Gasteiger partial charge in [-0.3, -0.25) is 0 Å². The predicted octanol–water partition coefficient (Wildman–Crippen LogP) is 3.78. The maximum absolute atomic E-state index is 8.78. The van der Waals surface area contributed by atoms with Crippen LogP contribution in [0.25, 0.3) is 0 Å². The van der Waals surface area contributed by atoms with Gasteiger partial charge in [-0.05, 0) is 29.1 Å². The normalized spacial score (nSPS) is 9.90. The van der Waals surface area contributed by atoms with Gasteiger partial charge in [-0.15, -0.1) is 23.1 Å². The van der Waals surface area contributed by atoms with Crippen LogP contribution < -0.4 is 4.74 Å². The molecule has 4 heteroatoms. The van der Waals surface area contributed by atoms with Gasteiger partial charge >= 0.3 is 0 Å². The van der Waals surface area contributed by atoms with Crippen molar-refractivity contribution < 1.29 is 9.84 Å². The molecule has 0 unspecified atom stereocenters. The minimum absolute atomic E-state index is 0.0865. The average molecular weight is 304 g/mol. The van der Waals surface area contributed by atoms with Gasteiger partial charge in [0.2, 0.25) is 0 Å². The summed E-state index contributed by atoms with van der Waals surface area (Å²) in [5.41, 5.74) is 2.10. The zero-order chi connectivity index (χ0) is 14.2. The van der Waals surface area contributed by atoms with E-state index in [0.717, 1.165) is 17.1 Å². The molecule has 20 heavy (non-hydrogen) atoms. The minimum Gasteiger partial charge on any atom is -0.495 e. The first-order valence-corrected chi connectivity index (χ1v) is 8.13. The van der Waals surface area contributed by atoms with Crippen molar-refractivity contribution >= 4 is 23.1 Å². The van der Waals surface area contributed by atoms with Gasteiger partial charge in [0, 0.05) is 12.2 Å². The summed E-state index contributed by atoms with van der Waals surface area (Å²) in [6, 6.07) is 10.3. The van der Waals surface area contributed by atoms with Gasteiger partial charge in [-0.25, -0.2) is 0 Å². The van der Waals surface area contributed by atoms with Crippen LogP contribution in [0.15, 0.2) is 39.9 Å². The van der Waals surface area contributed by atoms with Gasteiger partial charge < -0.3 is 9.84 Å². The predicted molar refractivity (Wildman–Crippen MR) is 85.5 cm³/mol. The van der Waals surface area contributed by atoms with E-state index in [1.165, 1.54) is 9.77 Å². The second kappa shape index (κ2) is 8.01. The van der Waals surface area contributed by atoms with E-state index in [2.05, 4.69) is 41.5 Å². The van der Waals surface area contributed by atoms with E-state index in [1.54, 1.807) is 18.4 Å². The lowest BCUT2D eigenvalue weighted by molar-refractivity contribution is 0.305. The monoisotopic (exact) mass is 304 g/mol. The molecule has 2 aromatic rings. The zero-order valence-corrected chi connectivity index (χ0v) is 12.9. The Morgan fingerprint density at radius 3 is 2.95 bits per heavy atom. The number of aliphatic hydroxyl groups excluding tert-OH is 1. The van der Waals surface area contributed by atoms with Crippen LogP contribution in [0.4, 0.5) is 0 Å². The first-order valence-electron chi connectivity index (χ1n) is 6.26. The van der Waals surface area contributed by atoms with Gasteiger partial charge in [0.1, 0.15) is 5.75 Å². The van der Waals surface area contributed by atoms with E-state index < -0.39 is 0 Å². The lowest BCUT2D eigenvalue weighted by Gasteiger charge is -2.06. The zero-order valence-electron chi connectivity index (χ0n) is 11.3. The molecule has 0 saturated heterocycles. The van der Waals surface area contributed by atoms with E-state index >= 15 is 0 Å². The van der Waals surface area contributed by atoms with Crippen LogP contribution in [-0.4, -0.2) is 18.8 Å². The lowest BCUT2D eigenvalue weighted by atomic mass is 10.1. The molecule has 0 aliphatic rings. The third kappa shape index (κ3) is 4.31. The summed E-state index contributed by atoms with van der Waals surface area (Å²) >= 11 is 3.57. The van der Waals surface area contributed by atoms with Crippen molar-refractivity contribution in [3.05, 3.63) is 46.8 Å². The Kier molecular flexibility index (Phi) is 6.00. The van der Waals surface area contributed by atoms with Crippen LogP contribution >= 0.6 is 23.1 Å². The fourth-order valence-electron chi connectivity index (χ4n) is 1.66. The molecule has 0 radical (unpaired) electrons. The second-order valence-corrected chi connectivity index (χ2v) is 6.25. The Balaban J connectivity index is 2.10. The molecule has 0 aliphatic carbocycles. The summed E-state index contributed by atoms with van der Waals surface area (Å²) in [7, 11) is 1.65. The van der Waals surface area contributed by atoms with Crippen molar-refractivity contribution in [1.82, 2.24) is 0 Å². The maximum Gasteiger partial charge on any atom is 0.134 e. The molecule has 2 nitrogen and oxygen atoms in total. The first kappa shape index (κ1) is 15.0. The molecule has 2 rings (SSSR count). The molecule has 104 valence electrons. The number of hydrogen-bond acceptors (Lipinski definition) is 4. The van der Waals surface area contributed by atoms with Crippen LogP contribution in [-0.2, 0) is 5.75 Å². The average Bonchev–Trinajstić information content (AvgIpc) is 2.99. The smallest absolute Gasteiger partial charge is 0.134 e. The fraction of sp³-hybridized carbons (Fsp3) is 0.250. The third-order valence-corrected chi connectivity index (χ3v) is 4.80. The minimum atomic E-state index is 0.0865. The van der Waals surface area contributed by atoms with E-state index in [9.17, 15) is 0 Å². The molecule has 0 saturated carbocycles. The number of hydrogen-bond donors (Lipinski definition) is 1. The molecule has 1 aromatic carbocycles. The van der Waals surface area contributed by atoms with Crippen molar-refractivity contribution in [2.75, 3.05) is 13.7 Å².